The minimum atomic E-state index is -0.710. The zero-order chi connectivity index (χ0) is 14.4. The van der Waals surface area contributed by atoms with E-state index in [4.69, 9.17) is 9.57 Å². The van der Waals surface area contributed by atoms with Crippen LogP contribution in [0, 0.1) is 0 Å². The first-order valence-corrected chi connectivity index (χ1v) is 6.82. The van der Waals surface area contributed by atoms with E-state index in [2.05, 4.69) is 20.5 Å². The van der Waals surface area contributed by atoms with Crippen LogP contribution in [0.15, 0.2) is 6.33 Å². The Morgan fingerprint density at radius 3 is 3.14 bits per heavy atom. The molecule has 3 atom stereocenters. The summed E-state index contributed by atoms with van der Waals surface area (Å²) in [7, 11) is 0. The number of ether oxygens (including phenoxy) is 1. The van der Waals surface area contributed by atoms with Crippen molar-refractivity contribution in [3.8, 4) is 0 Å². The highest BCUT2D eigenvalue weighted by molar-refractivity contribution is 5.89. The minimum absolute atomic E-state index is 0.223. The van der Waals surface area contributed by atoms with Crippen LogP contribution < -0.4 is 5.48 Å². The third-order valence-electron chi connectivity index (χ3n) is 3.83. The van der Waals surface area contributed by atoms with Crippen LogP contribution in [0.5, 0.6) is 0 Å². The fourth-order valence-electron chi connectivity index (χ4n) is 2.79. The molecule has 2 aliphatic heterocycles. The largest absolute Gasteiger partial charge is 0.394 e. The highest BCUT2D eigenvalue weighted by atomic mass is 16.6. The van der Waals surface area contributed by atoms with Crippen LogP contribution in [-0.2, 0) is 16.0 Å². The molecule has 3 N–H and O–H groups in total. The zero-order valence-corrected chi connectivity index (χ0v) is 11.1. The number of anilines is 1. The summed E-state index contributed by atoms with van der Waals surface area (Å²) < 4.78 is 7.31. The van der Waals surface area contributed by atoms with Gasteiger partial charge in [0.2, 0.25) is 0 Å². The van der Waals surface area contributed by atoms with Gasteiger partial charge in [0.1, 0.15) is 12.4 Å². The number of hydrogen-bond acceptors (Lipinski definition) is 8. The van der Waals surface area contributed by atoms with Crippen LogP contribution in [0.3, 0.4) is 0 Å². The van der Waals surface area contributed by atoms with E-state index < -0.39 is 18.4 Å². The molecule has 0 aliphatic carbocycles. The maximum Gasteiger partial charge on any atom is 0.166 e. The highest BCUT2D eigenvalue weighted by Crippen LogP contribution is 2.33. The average molecular weight is 293 g/mol. The number of aliphatic hydroxyl groups is 2. The zero-order valence-electron chi connectivity index (χ0n) is 11.1. The van der Waals surface area contributed by atoms with Crippen molar-refractivity contribution in [2.45, 2.75) is 31.3 Å². The summed E-state index contributed by atoms with van der Waals surface area (Å²) in [6, 6.07) is 0. The van der Waals surface area contributed by atoms with Gasteiger partial charge >= 0.3 is 0 Å². The molecule has 0 aromatic carbocycles. The number of aromatic nitrogens is 4. The van der Waals surface area contributed by atoms with Crippen LogP contribution >= 0.6 is 0 Å². The van der Waals surface area contributed by atoms with Crippen LogP contribution in [0.2, 0.25) is 0 Å². The van der Waals surface area contributed by atoms with Gasteiger partial charge in [-0.1, -0.05) is 0 Å². The standard InChI is InChI=1S/C12H15N5O4/c18-4-8-7(19)3-9(21-8)17-12-10-6(15-17)1-2-20-16-11(10)13-5-14-12/h5,7-9,18-19H,1-4H2,(H,13,14,16). The molecule has 0 spiro atoms. The Balaban J connectivity index is 1.80. The normalized spacial score (nSPS) is 28.6. The summed E-state index contributed by atoms with van der Waals surface area (Å²) in [5, 5.41) is 24.4. The molecule has 0 radical (unpaired) electrons. The van der Waals surface area contributed by atoms with E-state index in [9.17, 15) is 10.2 Å². The number of nitrogens with zero attached hydrogens (tertiary/aromatic N) is 4. The third kappa shape index (κ3) is 1.97. The lowest BCUT2D eigenvalue weighted by Gasteiger charge is -2.13. The Kier molecular flexibility index (Phi) is 3.00. The lowest BCUT2D eigenvalue weighted by molar-refractivity contribution is -0.0471. The number of nitrogens with one attached hydrogen (secondary N) is 1. The topological polar surface area (TPSA) is 115 Å². The van der Waals surface area contributed by atoms with Gasteiger partial charge in [-0.2, -0.15) is 5.10 Å². The van der Waals surface area contributed by atoms with Crippen LogP contribution in [0.25, 0.3) is 11.0 Å². The fraction of sp³-hybridized carbons (Fsp3) is 0.583. The Labute approximate surface area is 119 Å². The van der Waals surface area contributed by atoms with Crippen molar-refractivity contribution in [3.63, 3.8) is 0 Å². The molecule has 1 fully saturated rings. The van der Waals surface area contributed by atoms with Crippen molar-refractivity contribution < 1.29 is 19.8 Å². The quantitative estimate of drug-likeness (QED) is 0.670. The molecule has 2 aliphatic rings. The smallest absolute Gasteiger partial charge is 0.166 e. The molecule has 9 heteroatoms. The predicted molar refractivity (Wildman–Crippen MR) is 70.2 cm³/mol. The van der Waals surface area contributed by atoms with Crippen molar-refractivity contribution in [1.82, 2.24) is 19.7 Å². The third-order valence-corrected chi connectivity index (χ3v) is 3.83. The molecule has 0 amide bonds. The van der Waals surface area contributed by atoms with Gasteiger partial charge in [-0.25, -0.2) is 20.1 Å². The molecule has 1 saturated heterocycles. The predicted octanol–water partition coefficient (Wildman–Crippen LogP) is -0.633. The van der Waals surface area contributed by atoms with Gasteiger partial charge in [0.05, 0.1) is 30.4 Å². The van der Waals surface area contributed by atoms with E-state index in [-0.39, 0.29) is 6.61 Å². The van der Waals surface area contributed by atoms with E-state index in [1.807, 2.05) is 0 Å². The fourth-order valence-corrected chi connectivity index (χ4v) is 2.79. The molecule has 2 aromatic heterocycles. The number of aliphatic hydroxyl groups excluding tert-OH is 2. The summed E-state index contributed by atoms with van der Waals surface area (Å²) in [5.74, 6) is 0.580. The molecular formula is C12H15N5O4. The van der Waals surface area contributed by atoms with Gasteiger partial charge in [-0.15, -0.1) is 0 Å². The van der Waals surface area contributed by atoms with Crippen molar-refractivity contribution >= 4 is 16.9 Å². The van der Waals surface area contributed by atoms with Crippen molar-refractivity contribution in [2.75, 3.05) is 18.7 Å². The summed E-state index contributed by atoms with van der Waals surface area (Å²) in [5.41, 5.74) is 4.25. The van der Waals surface area contributed by atoms with Crippen LogP contribution in [-0.4, -0.2) is 55.4 Å². The van der Waals surface area contributed by atoms with Gasteiger partial charge in [0.15, 0.2) is 17.7 Å². The minimum Gasteiger partial charge on any atom is -0.394 e. The van der Waals surface area contributed by atoms with Gasteiger partial charge < -0.3 is 14.9 Å². The van der Waals surface area contributed by atoms with Crippen LogP contribution in [0.1, 0.15) is 18.3 Å². The molecule has 4 rings (SSSR count). The molecule has 0 saturated carbocycles. The molecule has 112 valence electrons. The van der Waals surface area contributed by atoms with Crippen molar-refractivity contribution in [1.29, 1.82) is 0 Å². The molecule has 9 nitrogen and oxygen atoms in total. The van der Waals surface area contributed by atoms with Gasteiger partial charge in [-0.05, 0) is 0 Å². The van der Waals surface area contributed by atoms with Crippen molar-refractivity contribution in [3.05, 3.63) is 12.0 Å². The molecule has 2 aromatic rings. The van der Waals surface area contributed by atoms with Gasteiger partial charge in [-0.3, -0.25) is 4.84 Å². The van der Waals surface area contributed by atoms with E-state index in [1.54, 1.807) is 4.68 Å². The second-order valence-electron chi connectivity index (χ2n) is 5.13. The first-order valence-electron chi connectivity index (χ1n) is 6.82. The summed E-state index contributed by atoms with van der Waals surface area (Å²) in [4.78, 5) is 13.7. The first kappa shape index (κ1) is 12.9. The van der Waals surface area contributed by atoms with Gasteiger partial charge in [0, 0.05) is 12.8 Å². The molecule has 21 heavy (non-hydrogen) atoms. The van der Waals surface area contributed by atoms with Gasteiger partial charge in [0.25, 0.3) is 0 Å². The van der Waals surface area contributed by atoms with Crippen LogP contribution in [0.4, 0.5) is 5.82 Å². The summed E-state index contributed by atoms with van der Waals surface area (Å²) >= 11 is 0. The van der Waals surface area contributed by atoms with E-state index in [0.717, 1.165) is 11.1 Å². The highest BCUT2D eigenvalue weighted by Gasteiger charge is 2.36. The summed E-state index contributed by atoms with van der Waals surface area (Å²) in [6.45, 7) is 0.259. The number of hydrogen-bond donors (Lipinski definition) is 3. The van der Waals surface area contributed by atoms with E-state index in [1.165, 1.54) is 6.33 Å². The SMILES string of the molecule is OCC1OC(n2nc3c4c(ncnc42)NOCC3)CC1O. The maximum atomic E-state index is 9.88. The Morgan fingerprint density at radius 2 is 2.33 bits per heavy atom. The molecule has 0 bridgehead atoms. The number of rotatable bonds is 2. The Bertz CT molecular complexity index is 675. The first-order chi connectivity index (χ1) is 10.3. The van der Waals surface area contributed by atoms with E-state index in [0.29, 0.717) is 30.9 Å². The van der Waals surface area contributed by atoms with Crippen molar-refractivity contribution in [2.24, 2.45) is 0 Å². The Morgan fingerprint density at radius 1 is 1.43 bits per heavy atom. The Hall–Kier alpha value is -1.81. The lowest BCUT2D eigenvalue weighted by atomic mass is 10.2. The second-order valence-corrected chi connectivity index (χ2v) is 5.13. The second kappa shape index (κ2) is 4.88. The monoisotopic (exact) mass is 293 g/mol. The maximum absolute atomic E-state index is 9.88. The molecule has 3 unspecified atom stereocenters. The molecule has 4 heterocycles. The lowest BCUT2D eigenvalue weighted by Crippen LogP contribution is -2.24. The van der Waals surface area contributed by atoms with E-state index >= 15 is 0 Å². The summed E-state index contributed by atoms with van der Waals surface area (Å²) in [6.07, 6.45) is 0.680. The molecular weight excluding hydrogens is 278 g/mol. The average Bonchev–Trinajstić information content (AvgIpc) is 2.97.